The third-order valence-electron chi connectivity index (χ3n) is 2.65. The van der Waals surface area contributed by atoms with Gasteiger partial charge in [0.2, 0.25) is 0 Å². The molecule has 2 atom stereocenters. The van der Waals surface area contributed by atoms with Gasteiger partial charge in [0.05, 0.1) is 0 Å². The summed E-state index contributed by atoms with van der Waals surface area (Å²) in [7, 11) is 0. The van der Waals surface area contributed by atoms with Crippen LogP contribution in [-0.2, 0) is 0 Å². The number of rotatable bonds is 2. The lowest BCUT2D eigenvalue weighted by atomic mass is 9.85. The highest BCUT2D eigenvalue weighted by Gasteiger charge is 2.19. The molecule has 1 nitrogen and oxygen atoms in total. The van der Waals surface area contributed by atoms with Crippen LogP contribution in [0.2, 0.25) is 0 Å². The first-order chi connectivity index (χ1) is 4.84. The molecule has 1 rings (SSSR count). The van der Waals surface area contributed by atoms with Gasteiger partial charge in [-0.2, -0.15) is 0 Å². The molecule has 0 saturated carbocycles. The molecular weight excluding hydrogens is 122 g/mol. The van der Waals surface area contributed by atoms with Gasteiger partial charge in [0.15, 0.2) is 0 Å². The lowest BCUT2D eigenvalue weighted by Gasteiger charge is -2.29. The summed E-state index contributed by atoms with van der Waals surface area (Å²) in [6, 6.07) is 0. The molecule has 0 aromatic carbocycles. The number of nitrogens with one attached hydrogen (secondary N) is 1. The van der Waals surface area contributed by atoms with Crippen molar-refractivity contribution in [1.82, 2.24) is 5.32 Å². The molecule has 1 aliphatic rings. The maximum atomic E-state index is 3.45. The molecule has 60 valence electrons. The van der Waals surface area contributed by atoms with Crippen molar-refractivity contribution < 1.29 is 0 Å². The Morgan fingerprint density at radius 1 is 1.50 bits per heavy atom. The molecule has 0 aromatic heterocycles. The minimum atomic E-state index is 0.957. The Morgan fingerprint density at radius 2 is 2.30 bits per heavy atom. The Kier molecular flexibility index (Phi) is 3.20. The fourth-order valence-electron chi connectivity index (χ4n) is 1.81. The summed E-state index contributed by atoms with van der Waals surface area (Å²) in [5, 5.41) is 3.45. The molecule has 10 heavy (non-hydrogen) atoms. The highest BCUT2D eigenvalue weighted by atomic mass is 14.9. The van der Waals surface area contributed by atoms with Crippen LogP contribution < -0.4 is 5.32 Å². The first-order valence-corrected chi connectivity index (χ1v) is 4.55. The standard InChI is InChI=1S/C9H19N/c1-3-4-9-7-10-6-5-8(9)2/h8-10H,3-7H2,1-2H3. The quantitative estimate of drug-likeness (QED) is 0.620. The monoisotopic (exact) mass is 141 g/mol. The number of hydrogen-bond donors (Lipinski definition) is 1. The van der Waals surface area contributed by atoms with E-state index in [1.54, 1.807) is 0 Å². The van der Waals surface area contributed by atoms with Crippen molar-refractivity contribution in [3.8, 4) is 0 Å². The summed E-state index contributed by atoms with van der Waals surface area (Å²) in [6.07, 6.45) is 4.13. The molecule has 1 heterocycles. The van der Waals surface area contributed by atoms with Crippen molar-refractivity contribution in [2.45, 2.75) is 33.1 Å². The van der Waals surface area contributed by atoms with E-state index < -0.39 is 0 Å². The summed E-state index contributed by atoms with van der Waals surface area (Å²) >= 11 is 0. The molecule has 0 amide bonds. The van der Waals surface area contributed by atoms with E-state index in [0.717, 1.165) is 11.8 Å². The Morgan fingerprint density at radius 3 is 2.90 bits per heavy atom. The van der Waals surface area contributed by atoms with Gasteiger partial charge in [-0.15, -0.1) is 0 Å². The maximum Gasteiger partial charge on any atom is -0.00180 e. The molecule has 1 aliphatic heterocycles. The lowest BCUT2D eigenvalue weighted by Crippen LogP contribution is -2.35. The highest BCUT2D eigenvalue weighted by molar-refractivity contribution is 4.74. The van der Waals surface area contributed by atoms with Gasteiger partial charge >= 0.3 is 0 Å². The average Bonchev–Trinajstić information content (AvgIpc) is 1.94. The first kappa shape index (κ1) is 8.06. The summed E-state index contributed by atoms with van der Waals surface area (Å²) < 4.78 is 0. The van der Waals surface area contributed by atoms with Crippen LogP contribution in [-0.4, -0.2) is 13.1 Å². The van der Waals surface area contributed by atoms with E-state index in [-0.39, 0.29) is 0 Å². The molecular formula is C9H19N. The molecule has 1 fully saturated rings. The minimum absolute atomic E-state index is 0.957. The predicted octanol–water partition coefficient (Wildman–Crippen LogP) is 2.03. The lowest BCUT2D eigenvalue weighted by molar-refractivity contribution is 0.258. The second kappa shape index (κ2) is 3.97. The average molecular weight is 141 g/mol. The van der Waals surface area contributed by atoms with Crippen LogP contribution in [0, 0.1) is 11.8 Å². The maximum absolute atomic E-state index is 3.45. The number of hydrogen-bond acceptors (Lipinski definition) is 1. The second-order valence-electron chi connectivity index (χ2n) is 3.52. The molecule has 1 N–H and O–H groups in total. The zero-order valence-corrected chi connectivity index (χ0v) is 7.19. The van der Waals surface area contributed by atoms with Crippen molar-refractivity contribution in [2.75, 3.05) is 13.1 Å². The zero-order chi connectivity index (χ0) is 7.40. The van der Waals surface area contributed by atoms with Gasteiger partial charge in [-0.1, -0.05) is 20.3 Å². The molecule has 0 aliphatic carbocycles. The third-order valence-corrected chi connectivity index (χ3v) is 2.65. The highest BCUT2D eigenvalue weighted by Crippen LogP contribution is 2.22. The Hall–Kier alpha value is -0.0400. The zero-order valence-electron chi connectivity index (χ0n) is 7.19. The minimum Gasteiger partial charge on any atom is -0.316 e. The summed E-state index contributed by atoms with van der Waals surface area (Å²) in [5.74, 6) is 1.92. The molecule has 1 saturated heterocycles. The smallest absolute Gasteiger partial charge is 0.00180 e. The molecule has 0 aromatic rings. The second-order valence-corrected chi connectivity index (χ2v) is 3.52. The summed E-state index contributed by atoms with van der Waals surface area (Å²) in [6.45, 7) is 7.17. The van der Waals surface area contributed by atoms with Crippen LogP contribution in [0.1, 0.15) is 33.1 Å². The van der Waals surface area contributed by atoms with Gasteiger partial charge in [-0.3, -0.25) is 0 Å². The van der Waals surface area contributed by atoms with Crippen LogP contribution in [0.5, 0.6) is 0 Å². The molecule has 0 bridgehead atoms. The topological polar surface area (TPSA) is 12.0 Å². The van der Waals surface area contributed by atoms with Gasteiger partial charge in [0.25, 0.3) is 0 Å². The van der Waals surface area contributed by atoms with Gasteiger partial charge < -0.3 is 5.32 Å². The van der Waals surface area contributed by atoms with Crippen LogP contribution in [0.25, 0.3) is 0 Å². The molecule has 1 heteroatoms. The predicted molar refractivity (Wildman–Crippen MR) is 45.0 cm³/mol. The van der Waals surface area contributed by atoms with Crippen LogP contribution >= 0.6 is 0 Å². The van der Waals surface area contributed by atoms with E-state index in [1.165, 1.54) is 32.4 Å². The summed E-state index contributed by atoms with van der Waals surface area (Å²) in [5.41, 5.74) is 0. The molecule has 0 radical (unpaired) electrons. The van der Waals surface area contributed by atoms with Crippen molar-refractivity contribution >= 4 is 0 Å². The van der Waals surface area contributed by atoms with Crippen LogP contribution in [0.4, 0.5) is 0 Å². The van der Waals surface area contributed by atoms with Crippen molar-refractivity contribution in [1.29, 1.82) is 0 Å². The van der Waals surface area contributed by atoms with Crippen LogP contribution in [0.15, 0.2) is 0 Å². The SMILES string of the molecule is CCCC1CNCCC1C. The van der Waals surface area contributed by atoms with Crippen molar-refractivity contribution in [3.63, 3.8) is 0 Å². The fourth-order valence-corrected chi connectivity index (χ4v) is 1.81. The summed E-state index contributed by atoms with van der Waals surface area (Å²) in [4.78, 5) is 0. The Bertz CT molecular complexity index is 88.7. The van der Waals surface area contributed by atoms with Gasteiger partial charge in [-0.25, -0.2) is 0 Å². The van der Waals surface area contributed by atoms with Crippen molar-refractivity contribution in [2.24, 2.45) is 11.8 Å². The number of piperidine rings is 1. The van der Waals surface area contributed by atoms with Crippen molar-refractivity contribution in [3.05, 3.63) is 0 Å². The molecule has 2 unspecified atom stereocenters. The normalized spacial score (nSPS) is 34.2. The third kappa shape index (κ3) is 1.98. The van der Waals surface area contributed by atoms with E-state index in [2.05, 4.69) is 19.2 Å². The van der Waals surface area contributed by atoms with E-state index >= 15 is 0 Å². The first-order valence-electron chi connectivity index (χ1n) is 4.55. The van der Waals surface area contributed by atoms with E-state index in [1.807, 2.05) is 0 Å². The Balaban J connectivity index is 2.25. The van der Waals surface area contributed by atoms with Gasteiger partial charge in [-0.05, 0) is 37.8 Å². The van der Waals surface area contributed by atoms with E-state index in [0.29, 0.717) is 0 Å². The van der Waals surface area contributed by atoms with E-state index in [4.69, 9.17) is 0 Å². The van der Waals surface area contributed by atoms with E-state index in [9.17, 15) is 0 Å². The van der Waals surface area contributed by atoms with Gasteiger partial charge in [0, 0.05) is 0 Å². The Labute approximate surface area is 64.2 Å². The largest absolute Gasteiger partial charge is 0.316 e. The van der Waals surface area contributed by atoms with Crippen LogP contribution in [0.3, 0.4) is 0 Å². The fraction of sp³-hybridized carbons (Fsp3) is 1.00. The molecule has 0 spiro atoms. The van der Waals surface area contributed by atoms with Gasteiger partial charge in [0.1, 0.15) is 0 Å².